The molecule has 0 saturated carbocycles. The lowest BCUT2D eigenvalue weighted by Gasteiger charge is -2.09. The van der Waals surface area contributed by atoms with E-state index in [2.05, 4.69) is 15.0 Å². The summed E-state index contributed by atoms with van der Waals surface area (Å²) >= 11 is 0. The lowest BCUT2D eigenvalue weighted by molar-refractivity contribution is 0.564. The van der Waals surface area contributed by atoms with Crippen LogP contribution in [0.3, 0.4) is 0 Å². The lowest BCUT2D eigenvalue weighted by Crippen LogP contribution is -2.09. The Morgan fingerprint density at radius 2 is 1.92 bits per heavy atom. The summed E-state index contributed by atoms with van der Waals surface area (Å²) in [6.45, 7) is 0.636. The molecule has 3 rings (SSSR count). The molecule has 6 nitrogen and oxygen atoms in total. The third kappa shape index (κ3) is 4.36. The van der Waals surface area contributed by atoms with Gasteiger partial charge in [0.05, 0.1) is 24.5 Å². The average molecular weight is 343 g/mol. The fraction of sp³-hybridized carbons (Fsp3) is 0.118. The number of nitrogens with zero attached hydrogens (tertiary/aromatic N) is 1. The zero-order chi connectivity index (χ0) is 17.0. The van der Waals surface area contributed by atoms with Crippen molar-refractivity contribution in [3.63, 3.8) is 0 Å². The second-order valence-electron chi connectivity index (χ2n) is 5.40. The van der Waals surface area contributed by atoms with Crippen LogP contribution in [0.2, 0.25) is 0 Å². The maximum absolute atomic E-state index is 11.4. The largest absolute Gasteiger partial charge is 0.472 e. The van der Waals surface area contributed by atoms with Crippen LogP contribution in [0.1, 0.15) is 5.56 Å². The average Bonchev–Trinajstić information content (AvgIpc) is 3.05. The highest BCUT2D eigenvalue weighted by molar-refractivity contribution is 7.92. The first kappa shape index (κ1) is 16.1. The number of hydrogen-bond acceptors (Lipinski definition) is 5. The van der Waals surface area contributed by atoms with Gasteiger partial charge >= 0.3 is 0 Å². The lowest BCUT2D eigenvalue weighted by atomic mass is 10.1. The Bertz CT molecular complexity index is 922. The summed E-state index contributed by atoms with van der Waals surface area (Å²) < 4.78 is 30.2. The summed E-state index contributed by atoms with van der Waals surface area (Å²) in [5, 5.41) is 3.28. The molecule has 0 amide bonds. The number of furan rings is 1. The SMILES string of the molecule is CS(=O)(=O)Nc1cccc(-c2cncc(NCc3ccoc3)c2)c1. The molecule has 0 fully saturated rings. The van der Waals surface area contributed by atoms with Gasteiger partial charge in [-0.15, -0.1) is 0 Å². The molecule has 7 heteroatoms. The summed E-state index contributed by atoms with van der Waals surface area (Å²) in [6, 6.07) is 11.0. The van der Waals surface area contributed by atoms with E-state index in [1.807, 2.05) is 18.2 Å². The number of anilines is 2. The predicted molar refractivity (Wildman–Crippen MR) is 94.2 cm³/mol. The van der Waals surface area contributed by atoms with Crippen LogP contribution < -0.4 is 10.0 Å². The molecule has 2 N–H and O–H groups in total. The number of rotatable bonds is 6. The maximum Gasteiger partial charge on any atom is 0.229 e. The van der Waals surface area contributed by atoms with Crippen LogP contribution in [-0.4, -0.2) is 19.7 Å². The van der Waals surface area contributed by atoms with Crippen LogP contribution >= 0.6 is 0 Å². The number of pyridine rings is 1. The minimum Gasteiger partial charge on any atom is -0.472 e. The van der Waals surface area contributed by atoms with E-state index in [1.54, 1.807) is 43.1 Å². The van der Waals surface area contributed by atoms with Crippen molar-refractivity contribution < 1.29 is 12.8 Å². The van der Waals surface area contributed by atoms with E-state index in [1.165, 1.54) is 0 Å². The smallest absolute Gasteiger partial charge is 0.229 e. The number of aromatic nitrogens is 1. The highest BCUT2D eigenvalue weighted by Gasteiger charge is 2.05. The molecule has 24 heavy (non-hydrogen) atoms. The molecule has 0 radical (unpaired) electrons. The van der Waals surface area contributed by atoms with E-state index in [9.17, 15) is 8.42 Å². The minimum absolute atomic E-state index is 0.520. The van der Waals surface area contributed by atoms with Crippen molar-refractivity contribution in [3.05, 3.63) is 66.9 Å². The summed E-state index contributed by atoms with van der Waals surface area (Å²) in [4.78, 5) is 4.24. The molecule has 0 spiro atoms. The molecule has 1 aromatic carbocycles. The molecular weight excluding hydrogens is 326 g/mol. The molecule has 0 saturated heterocycles. The van der Waals surface area contributed by atoms with E-state index in [0.717, 1.165) is 28.6 Å². The van der Waals surface area contributed by atoms with Gasteiger partial charge < -0.3 is 9.73 Å². The zero-order valence-electron chi connectivity index (χ0n) is 13.1. The third-order valence-electron chi connectivity index (χ3n) is 3.31. The molecule has 124 valence electrons. The first-order chi connectivity index (χ1) is 11.5. The van der Waals surface area contributed by atoms with Gasteiger partial charge in [-0.3, -0.25) is 9.71 Å². The second kappa shape index (κ2) is 6.76. The molecular formula is C17H17N3O3S. The summed E-state index contributed by atoms with van der Waals surface area (Å²) in [7, 11) is -3.30. The number of hydrogen-bond donors (Lipinski definition) is 2. The highest BCUT2D eigenvalue weighted by atomic mass is 32.2. The first-order valence-corrected chi connectivity index (χ1v) is 9.17. The molecule has 0 unspecified atom stereocenters. The Hall–Kier alpha value is -2.80. The molecule has 0 bridgehead atoms. The Balaban J connectivity index is 1.79. The molecule has 0 aliphatic carbocycles. The van der Waals surface area contributed by atoms with Crippen LogP contribution in [0.25, 0.3) is 11.1 Å². The topological polar surface area (TPSA) is 84.2 Å². The quantitative estimate of drug-likeness (QED) is 0.717. The molecule has 0 atom stereocenters. The van der Waals surface area contributed by atoms with Gasteiger partial charge in [-0.05, 0) is 29.8 Å². The van der Waals surface area contributed by atoms with E-state index >= 15 is 0 Å². The number of benzene rings is 1. The first-order valence-electron chi connectivity index (χ1n) is 7.28. The van der Waals surface area contributed by atoms with Crippen LogP contribution in [-0.2, 0) is 16.6 Å². The van der Waals surface area contributed by atoms with Crippen molar-refractivity contribution in [2.24, 2.45) is 0 Å². The number of sulfonamides is 1. The second-order valence-corrected chi connectivity index (χ2v) is 7.15. The van der Waals surface area contributed by atoms with Gasteiger partial charge in [-0.1, -0.05) is 12.1 Å². The highest BCUT2D eigenvalue weighted by Crippen LogP contribution is 2.24. The molecule has 3 aromatic rings. The standard InChI is InChI=1S/C17H17N3O3S/c1-24(21,22)20-16-4-2-3-14(7-16)15-8-17(11-18-10-15)19-9-13-5-6-23-12-13/h2-8,10-12,19-20H,9H2,1H3. The van der Waals surface area contributed by atoms with Gasteiger partial charge in [0.1, 0.15) is 0 Å². The van der Waals surface area contributed by atoms with Crippen LogP contribution in [0.15, 0.2) is 65.7 Å². The van der Waals surface area contributed by atoms with E-state index in [-0.39, 0.29) is 0 Å². The molecule has 0 aliphatic heterocycles. The predicted octanol–water partition coefficient (Wildman–Crippen LogP) is 3.33. The van der Waals surface area contributed by atoms with Gasteiger partial charge in [0.25, 0.3) is 0 Å². The fourth-order valence-electron chi connectivity index (χ4n) is 2.27. The summed E-state index contributed by atoms with van der Waals surface area (Å²) in [6.07, 6.45) is 7.92. The monoisotopic (exact) mass is 343 g/mol. The molecule has 2 heterocycles. The molecule has 0 aliphatic rings. The van der Waals surface area contributed by atoms with Gasteiger partial charge in [0.15, 0.2) is 0 Å². The Morgan fingerprint density at radius 1 is 1.08 bits per heavy atom. The van der Waals surface area contributed by atoms with Crippen molar-refractivity contribution in [1.82, 2.24) is 4.98 Å². The van der Waals surface area contributed by atoms with E-state index in [0.29, 0.717) is 12.2 Å². The summed E-state index contributed by atoms with van der Waals surface area (Å²) in [5.41, 5.74) is 4.20. The van der Waals surface area contributed by atoms with Gasteiger partial charge in [0.2, 0.25) is 10.0 Å². The maximum atomic E-state index is 11.4. The zero-order valence-corrected chi connectivity index (χ0v) is 13.9. The van der Waals surface area contributed by atoms with Crippen molar-refractivity contribution >= 4 is 21.4 Å². The van der Waals surface area contributed by atoms with Crippen LogP contribution in [0.5, 0.6) is 0 Å². The van der Waals surface area contributed by atoms with Gasteiger partial charge in [-0.25, -0.2) is 8.42 Å². The van der Waals surface area contributed by atoms with Crippen molar-refractivity contribution in [2.45, 2.75) is 6.54 Å². The van der Waals surface area contributed by atoms with Gasteiger partial charge in [0, 0.05) is 35.8 Å². The van der Waals surface area contributed by atoms with Gasteiger partial charge in [-0.2, -0.15) is 0 Å². The fourth-order valence-corrected chi connectivity index (χ4v) is 2.82. The van der Waals surface area contributed by atoms with E-state index in [4.69, 9.17) is 4.42 Å². The molecule has 2 aromatic heterocycles. The van der Waals surface area contributed by atoms with Crippen molar-refractivity contribution in [1.29, 1.82) is 0 Å². The normalized spacial score (nSPS) is 11.2. The van der Waals surface area contributed by atoms with Crippen LogP contribution in [0, 0.1) is 0 Å². The number of nitrogens with one attached hydrogen (secondary N) is 2. The Kier molecular flexibility index (Phi) is 4.52. The van der Waals surface area contributed by atoms with Crippen LogP contribution in [0.4, 0.5) is 11.4 Å². The van der Waals surface area contributed by atoms with Crippen molar-refractivity contribution in [3.8, 4) is 11.1 Å². The Labute approximate surface area is 140 Å². The third-order valence-corrected chi connectivity index (χ3v) is 3.92. The van der Waals surface area contributed by atoms with Crippen molar-refractivity contribution in [2.75, 3.05) is 16.3 Å². The summed E-state index contributed by atoms with van der Waals surface area (Å²) in [5.74, 6) is 0. The van der Waals surface area contributed by atoms with E-state index < -0.39 is 10.0 Å². The minimum atomic E-state index is -3.30. The Morgan fingerprint density at radius 3 is 2.67 bits per heavy atom.